The van der Waals surface area contributed by atoms with Crippen LogP contribution >= 0.6 is 11.6 Å². The fourth-order valence-electron chi connectivity index (χ4n) is 7.17. The monoisotopic (exact) mass is 577 g/mol. The molecule has 8 nitrogen and oxygen atoms in total. The minimum absolute atomic E-state index is 0.0196. The Hall–Kier alpha value is -3.36. The molecule has 2 aromatic rings. The van der Waals surface area contributed by atoms with Gasteiger partial charge in [-0.3, -0.25) is 14.4 Å². The number of carbonyl (C=O) groups excluding carboxylic acids is 3. The third-order valence-corrected chi connectivity index (χ3v) is 9.84. The number of fused-ring (bicyclic) bond motifs is 1. The molecule has 0 unspecified atom stereocenters. The number of likely N-dealkylation sites (tertiary alicyclic amines) is 1. The summed E-state index contributed by atoms with van der Waals surface area (Å²) in [6.07, 6.45) is 6.18. The van der Waals surface area contributed by atoms with Crippen molar-refractivity contribution in [2.45, 2.75) is 63.4 Å². The van der Waals surface area contributed by atoms with E-state index in [0.29, 0.717) is 28.3 Å². The first-order valence-electron chi connectivity index (χ1n) is 14.4. The van der Waals surface area contributed by atoms with E-state index in [4.69, 9.17) is 21.1 Å². The Kier molecular flexibility index (Phi) is 7.32. The second-order valence-corrected chi connectivity index (χ2v) is 12.3. The third-order valence-electron chi connectivity index (χ3n) is 9.58. The average Bonchev–Trinajstić information content (AvgIpc) is 3.60. The summed E-state index contributed by atoms with van der Waals surface area (Å²) in [6, 6.07) is 13.4. The first-order valence-corrected chi connectivity index (χ1v) is 14.8. The van der Waals surface area contributed by atoms with Crippen LogP contribution in [0.25, 0.3) is 0 Å². The Balaban J connectivity index is 1.32. The normalized spacial score (nSPS) is 33.5. The van der Waals surface area contributed by atoms with Gasteiger partial charge in [0.05, 0.1) is 25.0 Å². The molecule has 41 heavy (non-hydrogen) atoms. The molecule has 0 radical (unpaired) electrons. The minimum atomic E-state index is -1.22. The molecule has 1 aliphatic carbocycles. The van der Waals surface area contributed by atoms with E-state index in [9.17, 15) is 14.4 Å². The highest BCUT2D eigenvalue weighted by atomic mass is 35.5. The lowest BCUT2D eigenvalue weighted by Gasteiger charge is -2.38. The van der Waals surface area contributed by atoms with Crippen LogP contribution in [0.3, 0.4) is 0 Å². The van der Waals surface area contributed by atoms with Crippen LogP contribution in [0.15, 0.2) is 60.7 Å². The molecule has 216 valence electrons. The molecule has 3 heterocycles. The zero-order valence-electron chi connectivity index (χ0n) is 23.5. The molecule has 6 rings (SSSR count). The van der Waals surface area contributed by atoms with Crippen molar-refractivity contribution in [2.24, 2.45) is 23.7 Å². The second-order valence-electron chi connectivity index (χ2n) is 11.9. The summed E-state index contributed by atoms with van der Waals surface area (Å²) < 4.78 is 11.8. The van der Waals surface area contributed by atoms with Crippen LogP contribution < -0.4 is 15.4 Å². The number of anilines is 1. The number of nitrogens with one attached hydrogen (secondary N) is 2. The number of carbonyl (C=O) groups is 3. The Morgan fingerprint density at radius 2 is 1.80 bits per heavy atom. The summed E-state index contributed by atoms with van der Waals surface area (Å²) >= 11 is 6.01. The van der Waals surface area contributed by atoms with Crippen LogP contribution in [0.5, 0.6) is 5.75 Å². The summed E-state index contributed by atoms with van der Waals surface area (Å²) in [6.45, 7) is 4.61. The number of halogens is 1. The highest BCUT2D eigenvalue weighted by Gasteiger charge is 2.72. The van der Waals surface area contributed by atoms with Crippen molar-refractivity contribution in [1.29, 1.82) is 0 Å². The Labute approximate surface area is 245 Å². The number of nitrogens with zero attached hydrogens (tertiary/aromatic N) is 1. The van der Waals surface area contributed by atoms with Gasteiger partial charge in [-0.25, -0.2) is 0 Å². The minimum Gasteiger partial charge on any atom is -0.497 e. The number of hydrogen-bond donors (Lipinski definition) is 2. The molecule has 1 spiro atoms. The molecule has 2 bridgehead atoms. The largest absolute Gasteiger partial charge is 0.497 e. The first-order chi connectivity index (χ1) is 19.7. The van der Waals surface area contributed by atoms with E-state index in [0.717, 1.165) is 24.8 Å². The van der Waals surface area contributed by atoms with Gasteiger partial charge in [-0.1, -0.05) is 62.6 Å². The lowest BCUT2D eigenvalue weighted by atomic mass is 9.73. The maximum Gasteiger partial charge on any atom is 0.246 e. The van der Waals surface area contributed by atoms with E-state index < -0.39 is 29.6 Å². The fraction of sp³-hybridized carbons (Fsp3) is 0.469. The number of hydrogen-bond acceptors (Lipinski definition) is 5. The molecule has 2 saturated heterocycles. The van der Waals surface area contributed by atoms with Gasteiger partial charge in [0.1, 0.15) is 17.4 Å². The zero-order chi connectivity index (χ0) is 28.9. The van der Waals surface area contributed by atoms with Gasteiger partial charge in [-0.05, 0) is 60.2 Å². The average molecular weight is 578 g/mol. The van der Waals surface area contributed by atoms with Crippen LogP contribution in [0.4, 0.5) is 5.69 Å². The first kappa shape index (κ1) is 27.8. The van der Waals surface area contributed by atoms with E-state index in [1.807, 2.05) is 36.4 Å². The van der Waals surface area contributed by atoms with Crippen molar-refractivity contribution in [3.05, 3.63) is 71.3 Å². The molecule has 0 aromatic heterocycles. The topological polar surface area (TPSA) is 97.0 Å². The van der Waals surface area contributed by atoms with Crippen LogP contribution in [0.1, 0.15) is 38.7 Å². The summed E-state index contributed by atoms with van der Waals surface area (Å²) in [5.41, 5.74) is 0.216. The second kappa shape index (κ2) is 10.8. The Morgan fingerprint density at radius 3 is 2.51 bits per heavy atom. The highest BCUT2D eigenvalue weighted by Crippen LogP contribution is 2.55. The van der Waals surface area contributed by atoms with Gasteiger partial charge in [-0.15, -0.1) is 0 Å². The van der Waals surface area contributed by atoms with Gasteiger partial charge in [0.15, 0.2) is 0 Å². The van der Waals surface area contributed by atoms with E-state index in [1.165, 1.54) is 0 Å². The molecule has 1 saturated carbocycles. The lowest BCUT2D eigenvalue weighted by Crippen LogP contribution is -2.57. The van der Waals surface area contributed by atoms with Gasteiger partial charge in [0.2, 0.25) is 17.7 Å². The van der Waals surface area contributed by atoms with Crippen LogP contribution in [0, 0.1) is 23.7 Å². The summed E-state index contributed by atoms with van der Waals surface area (Å²) in [5, 5.41) is 6.78. The number of rotatable bonds is 7. The molecule has 3 fully saturated rings. The molecule has 3 amide bonds. The van der Waals surface area contributed by atoms with Gasteiger partial charge in [-0.2, -0.15) is 0 Å². The molecular formula is C32H36ClN3O5. The molecule has 8 atom stereocenters. The van der Waals surface area contributed by atoms with Crippen molar-refractivity contribution in [3.8, 4) is 5.75 Å². The van der Waals surface area contributed by atoms with Crippen molar-refractivity contribution in [2.75, 3.05) is 12.4 Å². The molecule has 2 aromatic carbocycles. The zero-order valence-corrected chi connectivity index (χ0v) is 24.3. The number of methoxy groups -OCH3 is 1. The smallest absolute Gasteiger partial charge is 0.246 e. The van der Waals surface area contributed by atoms with Crippen LogP contribution in [-0.2, 0) is 25.7 Å². The third kappa shape index (κ3) is 4.81. The van der Waals surface area contributed by atoms with Gasteiger partial charge < -0.3 is 25.0 Å². The maximum atomic E-state index is 14.2. The quantitative estimate of drug-likeness (QED) is 0.470. The lowest BCUT2D eigenvalue weighted by molar-refractivity contribution is -0.142. The van der Waals surface area contributed by atoms with Crippen LogP contribution in [-0.4, -0.2) is 53.5 Å². The van der Waals surface area contributed by atoms with E-state index >= 15 is 0 Å². The predicted octanol–water partition coefficient (Wildman–Crippen LogP) is 4.58. The predicted molar refractivity (Wildman–Crippen MR) is 155 cm³/mol. The van der Waals surface area contributed by atoms with E-state index in [2.05, 4.69) is 24.5 Å². The standard InChI is InChI=1S/C32H36ClN3O5/c1-18-5-4-6-24(19(18)2)35-30(38)28-32-16-15-25(41-32)26(29(37)34-22-11-9-21(33)10-12-22)27(32)31(39)36(28)17-20-7-13-23(40-3)14-8-20/h7-16,18-19,24-28H,4-6,17H2,1-3H3,(H,34,37)(H,35,38)/t18-,19-,24+,25+,26+,27+,28-,32-/m0/s1. The number of ether oxygens (including phenoxy) is 2. The van der Waals surface area contributed by atoms with Crippen LogP contribution in [0.2, 0.25) is 5.02 Å². The summed E-state index contributed by atoms with van der Waals surface area (Å²) in [7, 11) is 1.60. The fourth-order valence-corrected chi connectivity index (χ4v) is 7.30. The molecular weight excluding hydrogens is 542 g/mol. The molecule has 4 aliphatic rings. The van der Waals surface area contributed by atoms with Gasteiger partial charge in [0, 0.05) is 23.3 Å². The highest BCUT2D eigenvalue weighted by molar-refractivity contribution is 6.30. The SMILES string of the molecule is COc1ccc(CN2C(=O)[C@H]3[C@H](C(=O)Nc4ccc(Cl)cc4)[C@H]4C=C[C@@]3(O4)[C@@H]2C(=O)N[C@@H]2CCC[C@H](C)[C@@H]2C)cc1. The molecule has 3 aliphatic heterocycles. The van der Waals surface area contributed by atoms with Crippen molar-refractivity contribution >= 4 is 35.0 Å². The number of benzene rings is 2. The van der Waals surface area contributed by atoms with Gasteiger partial charge >= 0.3 is 0 Å². The Morgan fingerprint density at radius 1 is 1.07 bits per heavy atom. The molecule has 9 heteroatoms. The number of amides is 3. The van der Waals surface area contributed by atoms with Crippen molar-refractivity contribution < 1.29 is 23.9 Å². The van der Waals surface area contributed by atoms with E-state index in [-0.39, 0.29) is 30.3 Å². The van der Waals surface area contributed by atoms with E-state index in [1.54, 1.807) is 36.3 Å². The van der Waals surface area contributed by atoms with Gasteiger partial charge in [0.25, 0.3) is 0 Å². The van der Waals surface area contributed by atoms with Crippen molar-refractivity contribution in [3.63, 3.8) is 0 Å². The van der Waals surface area contributed by atoms with Crippen molar-refractivity contribution in [1.82, 2.24) is 10.2 Å². The maximum absolute atomic E-state index is 14.2. The molecule has 2 N–H and O–H groups in total. The summed E-state index contributed by atoms with van der Waals surface area (Å²) in [5.74, 6) is -0.868. The Bertz CT molecular complexity index is 1360. The summed E-state index contributed by atoms with van der Waals surface area (Å²) in [4.78, 5) is 43.7.